The van der Waals surface area contributed by atoms with E-state index < -0.39 is 0 Å². The number of nitrogens with zero attached hydrogens (tertiary/aromatic N) is 2. The molecule has 0 heterocycles. The van der Waals surface area contributed by atoms with E-state index >= 15 is 0 Å². The summed E-state index contributed by atoms with van der Waals surface area (Å²) in [6.45, 7) is 4.55. The lowest BCUT2D eigenvalue weighted by atomic mass is 10.2. The Kier molecular flexibility index (Phi) is 20.1. The summed E-state index contributed by atoms with van der Waals surface area (Å²) in [6, 6.07) is 0. The molecule has 2 atom stereocenters. The molecular formula is C21H38N2O4S2. The summed E-state index contributed by atoms with van der Waals surface area (Å²) in [5, 5.41) is 0.776. The van der Waals surface area contributed by atoms with Gasteiger partial charge in [-0.05, 0) is 43.9 Å². The number of carbonyl (C=O) groups is 2. The minimum absolute atomic E-state index is 0.0155. The second kappa shape index (κ2) is 20.6. The van der Waals surface area contributed by atoms with Gasteiger partial charge >= 0.3 is 0 Å². The minimum Gasteiger partial charge on any atom is -0.371 e. The summed E-state index contributed by atoms with van der Waals surface area (Å²) < 4.78 is 10.4. The van der Waals surface area contributed by atoms with Gasteiger partial charge < -0.3 is 14.5 Å². The van der Waals surface area contributed by atoms with Crippen LogP contribution < -0.4 is 0 Å². The van der Waals surface area contributed by atoms with Gasteiger partial charge in [0.25, 0.3) is 0 Å². The molecule has 0 aromatic rings. The topological polar surface area (TPSA) is 77.3 Å². The molecule has 0 aliphatic heterocycles. The van der Waals surface area contributed by atoms with E-state index in [1.54, 1.807) is 7.05 Å². The third kappa shape index (κ3) is 17.8. The number of ketones is 2. The van der Waals surface area contributed by atoms with Gasteiger partial charge in [0.2, 0.25) is 0 Å². The lowest BCUT2D eigenvalue weighted by Crippen LogP contribution is -2.23. The maximum atomic E-state index is 11.9. The second-order valence-electron chi connectivity index (χ2n) is 6.63. The Balaban J connectivity index is 4.15. The van der Waals surface area contributed by atoms with E-state index in [1.165, 1.54) is 19.8 Å². The number of thioether (sulfide) groups is 2. The molecule has 0 aromatic heterocycles. The highest BCUT2D eigenvalue weighted by Gasteiger charge is 2.20. The van der Waals surface area contributed by atoms with E-state index in [4.69, 9.17) is 9.47 Å². The number of Topliss-reactive ketones (excluding diaryl/α,β-unsaturated/α-hetero) is 2. The van der Waals surface area contributed by atoms with Crippen LogP contribution in [0.5, 0.6) is 0 Å². The molecule has 29 heavy (non-hydrogen) atoms. The third-order valence-corrected chi connectivity index (χ3v) is 6.83. The molecule has 0 saturated carbocycles. The van der Waals surface area contributed by atoms with E-state index in [0.717, 1.165) is 24.3 Å². The van der Waals surface area contributed by atoms with E-state index in [1.807, 2.05) is 36.8 Å². The lowest BCUT2D eigenvalue weighted by molar-refractivity contribution is -0.126. The Hall–Kier alpha value is -0.700. The van der Waals surface area contributed by atoms with Crippen LogP contribution in [0.4, 0.5) is 0 Å². The fourth-order valence-corrected chi connectivity index (χ4v) is 5.19. The molecule has 0 aromatic carbocycles. The van der Waals surface area contributed by atoms with Gasteiger partial charge in [-0.2, -0.15) is 23.5 Å². The summed E-state index contributed by atoms with van der Waals surface area (Å²) in [5.41, 5.74) is 0. The Morgan fingerprint density at radius 2 is 1.69 bits per heavy atom. The van der Waals surface area contributed by atoms with Crippen molar-refractivity contribution in [2.45, 2.75) is 56.5 Å². The number of ether oxygens (including phenoxy) is 2. The number of hydrogen-bond donors (Lipinski definition) is 0. The number of unbranched alkanes of at least 4 members (excludes halogenated alkanes) is 1. The zero-order chi connectivity index (χ0) is 21.7. The van der Waals surface area contributed by atoms with Gasteiger partial charge in [0.1, 0.15) is 13.2 Å². The number of aliphatic imine (C=N–C) groups is 2. The molecule has 168 valence electrons. The maximum Gasteiger partial charge on any atom is 0.158 e. The monoisotopic (exact) mass is 446 g/mol. The zero-order valence-electron chi connectivity index (χ0n) is 18.4. The average Bonchev–Trinajstić information content (AvgIpc) is 2.69. The van der Waals surface area contributed by atoms with Crippen LogP contribution in [-0.4, -0.2) is 86.5 Å². The summed E-state index contributed by atoms with van der Waals surface area (Å²) in [4.78, 5) is 31.1. The van der Waals surface area contributed by atoms with E-state index in [-0.39, 0.29) is 24.8 Å². The summed E-state index contributed by atoms with van der Waals surface area (Å²) >= 11 is 3.86. The van der Waals surface area contributed by atoms with Crippen LogP contribution in [0.25, 0.3) is 0 Å². The predicted octanol–water partition coefficient (Wildman–Crippen LogP) is 3.75. The van der Waals surface area contributed by atoms with Gasteiger partial charge in [-0.15, -0.1) is 0 Å². The molecule has 0 amide bonds. The number of carbonyl (C=O) groups excluding carboxylic acids is 2. The van der Waals surface area contributed by atoms with Crippen LogP contribution in [0, 0.1) is 0 Å². The van der Waals surface area contributed by atoms with Gasteiger partial charge in [0.05, 0.1) is 18.5 Å². The van der Waals surface area contributed by atoms with Crippen molar-refractivity contribution < 1.29 is 19.1 Å². The molecule has 0 saturated heterocycles. The molecular weight excluding hydrogens is 408 g/mol. The van der Waals surface area contributed by atoms with E-state index in [9.17, 15) is 9.59 Å². The SMILES string of the molecule is CCCCSC(C=NC)C(CC=NC)SCCCC(=O)COCCOCC(C)=O. The van der Waals surface area contributed by atoms with Crippen LogP contribution in [0.2, 0.25) is 0 Å². The predicted molar refractivity (Wildman–Crippen MR) is 127 cm³/mol. The molecule has 0 aliphatic rings. The van der Waals surface area contributed by atoms with Crippen LogP contribution >= 0.6 is 23.5 Å². The first-order valence-electron chi connectivity index (χ1n) is 10.3. The highest BCUT2D eigenvalue weighted by Crippen LogP contribution is 2.27. The second-order valence-corrected chi connectivity index (χ2v) is 9.26. The van der Waals surface area contributed by atoms with Crippen molar-refractivity contribution in [2.24, 2.45) is 9.98 Å². The fourth-order valence-electron chi connectivity index (χ4n) is 2.36. The average molecular weight is 447 g/mol. The first-order valence-corrected chi connectivity index (χ1v) is 12.4. The summed E-state index contributed by atoms with van der Waals surface area (Å²) in [6.07, 6.45) is 8.70. The Labute approximate surface area is 185 Å². The van der Waals surface area contributed by atoms with Gasteiger partial charge in [-0.25, -0.2) is 0 Å². The maximum absolute atomic E-state index is 11.9. The van der Waals surface area contributed by atoms with Crippen molar-refractivity contribution in [1.29, 1.82) is 0 Å². The molecule has 0 fully saturated rings. The number of rotatable bonds is 20. The first-order chi connectivity index (χ1) is 14.0. The van der Waals surface area contributed by atoms with Crippen LogP contribution in [-0.2, 0) is 19.1 Å². The van der Waals surface area contributed by atoms with Crippen molar-refractivity contribution >= 4 is 47.5 Å². The lowest BCUT2D eigenvalue weighted by Gasteiger charge is -2.22. The van der Waals surface area contributed by atoms with Gasteiger partial charge in [-0.1, -0.05) is 13.3 Å². The molecule has 0 aliphatic carbocycles. The molecule has 0 spiro atoms. The van der Waals surface area contributed by atoms with Crippen molar-refractivity contribution in [3.63, 3.8) is 0 Å². The van der Waals surface area contributed by atoms with Gasteiger partial charge in [-0.3, -0.25) is 14.6 Å². The van der Waals surface area contributed by atoms with Crippen molar-refractivity contribution in [3.8, 4) is 0 Å². The quantitative estimate of drug-likeness (QED) is 0.209. The molecule has 0 N–H and O–H groups in total. The fraction of sp³-hybridized carbons (Fsp3) is 0.810. The van der Waals surface area contributed by atoms with E-state index in [0.29, 0.717) is 30.1 Å². The molecule has 8 heteroatoms. The Bertz CT molecular complexity index is 487. The standard InChI is InChI=1S/C21H38N2O4S2/c1-5-6-13-29-21(15-23-4)20(9-10-22-3)28-14-7-8-19(25)17-27-12-11-26-16-18(2)24/h10,15,20-21H,5-9,11-14,16-17H2,1-4H3. The largest absolute Gasteiger partial charge is 0.371 e. The highest BCUT2D eigenvalue weighted by molar-refractivity contribution is 8.04. The summed E-state index contributed by atoms with van der Waals surface area (Å²) in [7, 11) is 3.63. The van der Waals surface area contributed by atoms with Crippen LogP contribution in [0.1, 0.15) is 46.0 Å². The normalized spacial score (nSPS) is 13.9. The van der Waals surface area contributed by atoms with Crippen LogP contribution in [0.3, 0.4) is 0 Å². The minimum atomic E-state index is -0.0155. The molecule has 6 nitrogen and oxygen atoms in total. The smallest absolute Gasteiger partial charge is 0.158 e. The summed E-state index contributed by atoms with van der Waals surface area (Å²) in [5.74, 6) is 2.16. The Morgan fingerprint density at radius 1 is 1.00 bits per heavy atom. The molecule has 0 bridgehead atoms. The Morgan fingerprint density at radius 3 is 2.31 bits per heavy atom. The van der Waals surface area contributed by atoms with Crippen molar-refractivity contribution in [3.05, 3.63) is 0 Å². The van der Waals surface area contributed by atoms with Crippen molar-refractivity contribution in [1.82, 2.24) is 0 Å². The molecule has 0 radical (unpaired) electrons. The van der Waals surface area contributed by atoms with Crippen molar-refractivity contribution in [2.75, 3.05) is 52.0 Å². The van der Waals surface area contributed by atoms with E-state index in [2.05, 4.69) is 23.1 Å². The zero-order valence-corrected chi connectivity index (χ0v) is 20.1. The van der Waals surface area contributed by atoms with Gasteiger partial charge in [0.15, 0.2) is 11.6 Å². The van der Waals surface area contributed by atoms with Gasteiger partial charge in [0, 0.05) is 32.0 Å². The number of hydrogen-bond acceptors (Lipinski definition) is 8. The molecule has 0 rings (SSSR count). The highest BCUT2D eigenvalue weighted by atomic mass is 32.2. The third-order valence-electron chi connectivity index (χ3n) is 3.86. The first kappa shape index (κ1) is 28.3. The van der Waals surface area contributed by atoms with Crippen LogP contribution in [0.15, 0.2) is 9.98 Å². The molecule has 2 unspecified atom stereocenters.